The van der Waals surface area contributed by atoms with Gasteiger partial charge in [0, 0.05) is 26.8 Å². The summed E-state index contributed by atoms with van der Waals surface area (Å²) >= 11 is 0. The van der Waals surface area contributed by atoms with Gasteiger partial charge in [0.1, 0.15) is 0 Å². The van der Waals surface area contributed by atoms with Crippen molar-refractivity contribution in [3.05, 3.63) is 12.2 Å². The van der Waals surface area contributed by atoms with Crippen LogP contribution in [-0.4, -0.2) is 81.9 Å². The first-order valence-electron chi connectivity index (χ1n) is 14.0. The molecule has 0 heterocycles. The van der Waals surface area contributed by atoms with Gasteiger partial charge in [-0.15, -0.1) is 0 Å². The second-order valence-electron chi connectivity index (χ2n) is 15.1. The molecule has 0 aliphatic rings. The molecule has 0 aliphatic heterocycles. The lowest BCUT2D eigenvalue weighted by Crippen LogP contribution is -2.55. The first-order chi connectivity index (χ1) is 16.7. The van der Waals surface area contributed by atoms with Crippen LogP contribution in [0.3, 0.4) is 0 Å². The minimum absolute atomic E-state index is 0.160. The molecule has 0 saturated heterocycles. The molecule has 13 heteroatoms. The van der Waals surface area contributed by atoms with Crippen LogP contribution < -0.4 is 5.32 Å². The van der Waals surface area contributed by atoms with Gasteiger partial charge in [0.25, 0.3) is 0 Å². The van der Waals surface area contributed by atoms with Crippen LogP contribution in [-0.2, 0) is 26.3 Å². The van der Waals surface area contributed by atoms with Crippen molar-refractivity contribution in [1.29, 1.82) is 0 Å². The smallest absolute Gasteiger partial charge is 0.322 e. The first-order valence-corrected chi connectivity index (χ1v) is 33.0. The summed E-state index contributed by atoms with van der Waals surface area (Å²) in [6, 6.07) is 0.903. The fourth-order valence-corrected chi connectivity index (χ4v) is 32.4. The van der Waals surface area contributed by atoms with Crippen molar-refractivity contribution in [2.45, 2.75) is 123 Å². The Kier molecular flexibility index (Phi) is 15.1. The molecule has 2 unspecified atom stereocenters. The van der Waals surface area contributed by atoms with E-state index in [1.165, 1.54) is 0 Å². The van der Waals surface area contributed by atoms with Crippen LogP contribution in [0.5, 0.6) is 0 Å². The van der Waals surface area contributed by atoms with Crippen LogP contribution in [0.25, 0.3) is 0 Å². The SMILES string of the molecule is C=C(C)C(=O)NCC(COCCC[Si](C)(O[Si](C)(C)C)O[Si](C)(C)C)O[Si](C)(C[Si](C)(C)C)O[Si](C)(C)C. The number of hydrogen-bond donors (Lipinski definition) is 1. The maximum Gasteiger partial charge on any atom is 0.322 e. The molecule has 0 spiro atoms. The summed E-state index contributed by atoms with van der Waals surface area (Å²) in [6.45, 7) is 38.3. The molecule has 0 aromatic rings. The lowest BCUT2D eigenvalue weighted by Gasteiger charge is -2.39. The Morgan fingerprint density at radius 1 is 0.763 bits per heavy atom. The molecule has 0 bridgehead atoms. The molecule has 0 radical (unpaired) electrons. The van der Waals surface area contributed by atoms with Gasteiger partial charge in [-0.05, 0) is 97.1 Å². The van der Waals surface area contributed by atoms with Gasteiger partial charge in [-0.25, -0.2) is 0 Å². The minimum Gasteiger partial charge on any atom is -0.437 e. The van der Waals surface area contributed by atoms with E-state index in [1.807, 2.05) is 0 Å². The first kappa shape index (κ1) is 38.3. The van der Waals surface area contributed by atoms with Gasteiger partial charge in [-0.3, -0.25) is 4.79 Å². The largest absolute Gasteiger partial charge is 0.437 e. The Labute approximate surface area is 241 Å². The topological polar surface area (TPSA) is 75.3 Å². The van der Waals surface area contributed by atoms with E-state index in [0.717, 1.165) is 18.1 Å². The van der Waals surface area contributed by atoms with Crippen LogP contribution in [0, 0.1) is 0 Å². The second-order valence-corrected chi connectivity index (χ2v) is 42.0. The van der Waals surface area contributed by atoms with Crippen molar-refractivity contribution in [3.63, 3.8) is 0 Å². The molecule has 0 aliphatic carbocycles. The summed E-state index contributed by atoms with van der Waals surface area (Å²) in [4.78, 5) is 12.3. The van der Waals surface area contributed by atoms with E-state index < -0.39 is 50.1 Å². The molecule has 38 heavy (non-hydrogen) atoms. The average molecular weight is 640 g/mol. The van der Waals surface area contributed by atoms with Crippen molar-refractivity contribution >= 4 is 56.1 Å². The zero-order valence-corrected chi connectivity index (χ0v) is 33.5. The van der Waals surface area contributed by atoms with Gasteiger partial charge in [-0.1, -0.05) is 26.2 Å². The Morgan fingerprint density at radius 3 is 1.61 bits per heavy atom. The highest BCUT2D eigenvalue weighted by Gasteiger charge is 2.43. The van der Waals surface area contributed by atoms with Crippen molar-refractivity contribution < 1.29 is 26.3 Å². The van der Waals surface area contributed by atoms with Gasteiger partial charge in [0.05, 0.1) is 12.7 Å². The average Bonchev–Trinajstić information content (AvgIpc) is 2.58. The number of amides is 1. The van der Waals surface area contributed by atoms with Crippen molar-refractivity contribution in [2.75, 3.05) is 19.8 Å². The summed E-state index contributed by atoms with van der Waals surface area (Å²) < 4.78 is 32.9. The molecule has 2 atom stereocenters. The van der Waals surface area contributed by atoms with Crippen molar-refractivity contribution in [3.8, 4) is 0 Å². The van der Waals surface area contributed by atoms with E-state index in [9.17, 15) is 4.79 Å². The third-order valence-electron chi connectivity index (χ3n) is 4.93. The summed E-state index contributed by atoms with van der Waals surface area (Å²) in [7, 11) is -11.5. The molecule has 7 nitrogen and oxygen atoms in total. The minimum atomic E-state index is -2.49. The summed E-state index contributed by atoms with van der Waals surface area (Å²) in [5.74, 6) is -0.160. The summed E-state index contributed by atoms with van der Waals surface area (Å²) in [5, 5.41) is 2.97. The maximum atomic E-state index is 12.3. The predicted molar refractivity (Wildman–Crippen MR) is 178 cm³/mol. The van der Waals surface area contributed by atoms with Crippen LogP contribution >= 0.6 is 0 Å². The third-order valence-corrected chi connectivity index (χ3v) is 26.4. The van der Waals surface area contributed by atoms with E-state index in [-0.39, 0.29) is 12.0 Å². The van der Waals surface area contributed by atoms with Crippen LogP contribution in [0.2, 0.25) is 103 Å². The molecule has 0 saturated carbocycles. The molecular formula is C25H61NO6Si6. The van der Waals surface area contributed by atoms with Gasteiger partial charge in [0.2, 0.25) is 5.91 Å². The van der Waals surface area contributed by atoms with E-state index in [1.54, 1.807) is 6.92 Å². The highest BCUT2D eigenvalue weighted by molar-refractivity contribution is 6.93. The second kappa shape index (κ2) is 15.0. The quantitative estimate of drug-likeness (QED) is 0.0928. The Bertz CT molecular complexity index is 723. The standard InChI is InChI=1S/C25H61NO6Si6/c1-23(2)25(27)26-20-24(29-38(16,22-33(3,4)5)32-36(12,13)14)21-28-18-17-19-37(15,30-34(6,7)8)31-35(9,10)11/h24H,1,17-22H2,2-16H3,(H,26,27). The van der Waals surface area contributed by atoms with E-state index in [2.05, 4.69) is 104 Å². The molecule has 0 rings (SSSR count). The number of nitrogens with one attached hydrogen (secondary N) is 1. The van der Waals surface area contributed by atoms with Crippen LogP contribution in [0.15, 0.2) is 12.2 Å². The van der Waals surface area contributed by atoms with Gasteiger partial charge in [0.15, 0.2) is 25.0 Å². The zero-order chi connectivity index (χ0) is 30.2. The summed E-state index contributed by atoms with van der Waals surface area (Å²) in [6.07, 6.45) is 0.597. The monoisotopic (exact) mass is 639 g/mol. The molecule has 1 N–H and O–H groups in total. The fraction of sp³-hybridized carbons (Fsp3) is 0.880. The molecule has 0 fully saturated rings. The third kappa shape index (κ3) is 20.2. The van der Waals surface area contributed by atoms with Crippen LogP contribution in [0.1, 0.15) is 13.3 Å². The molecule has 226 valence electrons. The highest BCUT2D eigenvalue weighted by atomic mass is 28.5. The number of rotatable bonds is 19. The molecule has 1 amide bonds. The van der Waals surface area contributed by atoms with E-state index >= 15 is 0 Å². The molecule has 0 aromatic carbocycles. The lowest BCUT2D eigenvalue weighted by atomic mass is 10.3. The normalized spacial score (nSPS) is 16.2. The fourth-order valence-electron chi connectivity index (χ4n) is 4.69. The predicted octanol–water partition coefficient (Wildman–Crippen LogP) is 7.05. The highest BCUT2D eigenvalue weighted by Crippen LogP contribution is 2.28. The molecule has 0 aromatic heterocycles. The molecular weight excluding hydrogens is 579 g/mol. The van der Waals surface area contributed by atoms with E-state index in [0.29, 0.717) is 25.3 Å². The Balaban J connectivity index is 5.44. The lowest BCUT2D eigenvalue weighted by molar-refractivity contribution is -0.118. The van der Waals surface area contributed by atoms with Gasteiger partial charge in [-0.2, -0.15) is 0 Å². The summed E-state index contributed by atoms with van der Waals surface area (Å²) in [5.41, 5.74) is 1.49. The Morgan fingerprint density at radius 2 is 1.21 bits per heavy atom. The van der Waals surface area contributed by atoms with Gasteiger partial charge >= 0.3 is 17.1 Å². The van der Waals surface area contributed by atoms with E-state index in [4.69, 9.17) is 21.5 Å². The van der Waals surface area contributed by atoms with Crippen molar-refractivity contribution in [2.24, 2.45) is 0 Å². The van der Waals surface area contributed by atoms with Gasteiger partial charge < -0.3 is 26.8 Å². The number of carbonyl (C=O) groups excluding carboxylic acids is 1. The maximum absolute atomic E-state index is 12.3. The number of ether oxygens (including phenoxy) is 1. The number of hydrogen-bond acceptors (Lipinski definition) is 6. The Hall–Kier alpha value is 0.311. The van der Waals surface area contributed by atoms with Crippen molar-refractivity contribution in [1.82, 2.24) is 5.32 Å². The zero-order valence-electron chi connectivity index (χ0n) is 27.5. The van der Waals surface area contributed by atoms with Crippen LogP contribution in [0.4, 0.5) is 0 Å². The number of carbonyl (C=O) groups is 1.